The van der Waals surface area contributed by atoms with Crippen molar-refractivity contribution in [3.63, 3.8) is 0 Å². The van der Waals surface area contributed by atoms with Crippen LogP contribution in [0, 0.1) is 0 Å². The van der Waals surface area contributed by atoms with Crippen LogP contribution in [0.1, 0.15) is 34.0 Å². The van der Waals surface area contributed by atoms with Gasteiger partial charge >= 0.3 is 0 Å². The molecule has 6 heteroatoms. The number of hydrazone groups is 1. The highest BCUT2D eigenvalue weighted by atomic mass is 28.1. The number of hydrogen-bond donors (Lipinski definition) is 1. The fraction of sp³-hybridized carbons (Fsp3) is 0.0513. The molecular formula is C39H32N4OSi. The third-order valence-corrected chi connectivity index (χ3v) is 9.13. The quantitative estimate of drug-likeness (QED) is 0.219. The van der Waals surface area contributed by atoms with E-state index >= 15 is 0 Å². The van der Waals surface area contributed by atoms with Crippen molar-refractivity contribution in [2.75, 3.05) is 0 Å². The highest BCUT2D eigenvalue weighted by molar-refractivity contribution is 6.33. The van der Waals surface area contributed by atoms with Crippen molar-refractivity contribution in [1.82, 2.24) is 14.9 Å². The zero-order chi connectivity index (χ0) is 30.3. The maximum absolute atomic E-state index is 6.75. The number of amidine groups is 1. The van der Waals surface area contributed by atoms with Gasteiger partial charge in [0.05, 0.1) is 12.1 Å². The maximum Gasteiger partial charge on any atom is 0.213 e. The summed E-state index contributed by atoms with van der Waals surface area (Å²) >= 11 is 0. The molecule has 0 aliphatic carbocycles. The summed E-state index contributed by atoms with van der Waals surface area (Å²) in [6.45, 7) is 4.97. The molecule has 1 N–H and O–H groups in total. The number of rotatable bonds is 5. The lowest BCUT2D eigenvalue weighted by Crippen LogP contribution is -2.30. The molecule has 1 atom stereocenters. The van der Waals surface area contributed by atoms with E-state index < -0.39 is 0 Å². The Morgan fingerprint density at radius 1 is 0.800 bits per heavy atom. The van der Waals surface area contributed by atoms with Crippen molar-refractivity contribution >= 4 is 43.8 Å². The summed E-state index contributed by atoms with van der Waals surface area (Å²) in [4.78, 5) is 0. The van der Waals surface area contributed by atoms with Crippen LogP contribution >= 0.6 is 0 Å². The Morgan fingerprint density at radius 3 is 2.33 bits per heavy atom. The predicted molar refractivity (Wildman–Crippen MR) is 188 cm³/mol. The van der Waals surface area contributed by atoms with Crippen molar-refractivity contribution in [1.29, 1.82) is 0 Å². The van der Waals surface area contributed by atoms with Gasteiger partial charge in [-0.15, -0.1) is 0 Å². The summed E-state index contributed by atoms with van der Waals surface area (Å²) in [7, 11) is 0.977. The third-order valence-electron chi connectivity index (χ3n) is 8.51. The Bertz CT molecular complexity index is 2110. The SMILES string of the molecule is C=C1/C=C\c2c(n(-c3ccc(CN4N=C(c5ccccc5)NC4c4ccccc4)cc3)c3ccc([SiH3])cc23)Oc2ccccc21. The van der Waals surface area contributed by atoms with Gasteiger partial charge in [0.2, 0.25) is 5.88 Å². The Labute approximate surface area is 265 Å². The van der Waals surface area contributed by atoms with E-state index in [1.807, 2.05) is 42.5 Å². The zero-order valence-electron chi connectivity index (χ0n) is 25.0. The van der Waals surface area contributed by atoms with E-state index in [0.29, 0.717) is 6.54 Å². The molecule has 0 saturated carbocycles. The fourth-order valence-corrected chi connectivity index (χ4v) is 6.69. The number of aromatic nitrogens is 1. The zero-order valence-corrected chi connectivity index (χ0v) is 27.0. The van der Waals surface area contributed by atoms with Crippen LogP contribution in [0.2, 0.25) is 0 Å². The van der Waals surface area contributed by atoms with E-state index in [-0.39, 0.29) is 6.17 Å². The molecule has 0 bridgehead atoms. The fourth-order valence-electron chi connectivity index (χ4n) is 6.23. The molecular weight excluding hydrogens is 569 g/mol. The van der Waals surface area contributed by atoms with Gasteiger partial charge < -0.3 is 10.1 Å². The monoisotopic (exact) mass is 600 g/mol. The van der Waals surface area contributed by atoms with E-state index in [1.54, 1.807) is 0 Å². The van der Waals surface area contributed by atoms with Crippen LogP contribution in [0.4, 0.5) is 0 Å². The molecule has 6 aromatic rings. The normalized spacial score (nSPS) is 16.3. The summed E-state index contributed by atoms with van der Waals surface area (Å²) in [5.74, 6) is 2.50. The van der Waals surface area contributed by atoms with E-state index in [2.05, 4.69) is 119 Å². The third kappa shape index (κ3) is 4.95. The van der Waals surface area contributed by atoms with Crippen LogP contribution in [-0.4, -0.2) is 25.7 Å². The van der Waals surface area contributed by atoms with Crippen molar-refractivity contribution < 1.29 is 4.74 Å². The number of nitrogens with zero attached hydrogens (tertiary/aromatic N) is 3. The largest absolute Gasteiger partial charge is 0.439 e. The number of benzene rings is 5. The first-order valence-electron chi connectivity index (χ1n) is 15.2. The van der Waals surface area contributed by atoms with Crippen LogP contribution in [-0.2, 0) is 6.54 Å². The molecule has 1 unspecified atom stereocenters. The van der Waals surface area contributed by atoms with Crippen molar-refractivity contribution in [2.45, 2.75) is 12.7 Å². The minimum absolute atomic E-state index is 0.0593. The number of fused-ring (bicyclic) bond motifs is 4. The molecule has 5 aromatic carbocycles. The van der Waals surface area contributed by atoms with Gasteiger partial charge in [-0.25, -0.2) is 0 Å². The smallest absolute Gasteiger partial charge is 0.213 e. The number of ether oxygens (including phenoxy) is 1. The van der Waals surface area contributed by atoms with Gasteiger partial charge in [0.25, 0.3) is 0 Å². The number of allylic oxidation sites excluding steroid dienone is 2. The molecule has 1 aromatic heterocycles. The summed E-state index contributed by atoms with van der Waals surface area (Å²) < 4.78 is 8.98. The molecule has 45 heavy (non-hydrogen) atoms. The van der Waals surface area contributed by atoms with Crippen LogP contribution in [0.25, 0.3) is 28.2 Å². The van der Waals surface area contributed by atoms with Crippen LogP contribution in [0.5, 0.6) is 11.6 Å². The first-order valence-corrected chi connectivity index (χ1v) is 16.2. The highest BCUT2D eigenvalue weighted by Crippen LogP contribution is 2.42. The topological polar surface area (TPSA) is 41.8 Å². The standard InChI is InChI=1S/C39H32N4OSi/c1-26-16-22-33-34-24-31(45)21-23-35(34)43(39(33)44-36-15-9-8-14-32(26)36)30-19-17-27(18-20-30)25-42-38(29-12-6-3-7-13-29)40-37(41-42)28-10-4-2-5-11-28/h2-24,38H,1,25H2,45H3,(H,40,41)/b22-16-. The average Bonchev–Trinajstić information content (AvgIpc) is 3.62. The maximum atomic E-state index is 6.75. The van der Waals surface area contributed by atoms with E-state index in [1.165, 1.54) is 21.7 Å². The van der Waals surface area contributed by atoms with Crippen molar-refractivity contribution in [2.24, 2.45) is 5.10 Å². The first kappa shape index (κ1) is 27.0. The molecule has 2 aliphatic heterocycles. The Balaban J connectivity index is 1.17. The molecule has 218 valence electrons. The lowest BCUT2D eigenvalue weighted by molar-refractivity contribution is 0.209. The van der Waals surface area contributed by atoms with Gasteiger partial charge in [0.1, 0.15) is 11.9 Å². The molecule has 2 aliphatic rings. The minimum Gasteiger partial charge on any atom is -0.439 e. The second-order valence-corrected chi connectivity index (χ2v) is 12.7. The van der Waals surface area contributed by atoms with Gasteiger partial charge in [0, 0.05) is 38.0 Å². The van der Waals surface area contributed by atoms with Gasteiger partial charge in [-0.3, -0.25) is 9.58 Å². The van der Waals surface area contributed by atoms with E-state index in [4.69, 9.17) is 9.84 Å². The molecule has 5 nitrogen and oxygen atoms in total. The van der Waals surface area contributed by atoms with Crippen LogP contribution in [0.3, 0.4) is 0 Å². The van der Waals surface area contributed by atoms with Gasteiger partial charge in [0.15, 0.2) is 5.84 Å². The molecule has 0 radical (unpaired) electrons. The Morgan fingerprint density at radius 2 is 1.53 bits per heavy atom. The molecule has 0 spiro atoms. The summed E-state index contributed by atoms with van der Waals surface area (Å²) in [6.07, 6.45) is 4.19. The predicted octanol–water partition coefficient (Wildman–Crippen LogP) is 6.92. The number of nitrogens with one attached hydrogen (secondary N) is 1. The van der Waals surface area contributed by atoms with E-state index in [0.717, 1.165) is 61.2 Å². The number of hydrogen-bond acceptors (Lipinski definition) is 4. The molecule has 0 amide bonds. The van der Waals surface area contributed by atoms with Crippen molar-refractivity contribution in [3.05, 3.63) is 168 Å². The molecule has 0 saturated heterocycles. The second kappa shape index (κ2) is 11.2. The molecule has 3 heterocycles. The average molecular weight is 601 g/mol. The van der Waals surface area contributed by atoms with E-state index in [9.17, 15) is 0 Å². The highest BCUT2D eigenvalue weighted by Gasteiger charge is 2.28. The summed E-state index contributed by atoms with van der Waals surface area (Å²) in [5.41, 5.74) is 8.58. The lowest BCUT2D eigenvalue weighted by atomic mass is 10.0. The summed E-state index contributed by atoms with van der Waals surface area (Å²) in [5, 5.41) is 13.4. The van der Waals surface area contributed by atoms with Crippen LogP contribution in [0.15, 0.2) is 145 Å². The Kier molecular flexibility index (Phi) is 6.69. The minimum atomic E-state index is -0.0593. The van der Waals surface area contributed by atoms with Gasteiger partial charge in [-0.2, -0.15) is 5.10 Å². The second-order valence-electron chi connectivity index (χ2n) is 11.6. The van der Waals surface area contributed by atoms with Crippen molar-refractivity contribution in [3.8, 4) is 17.3 Å². The summed E-state index contributed by atoms with van der Waals surface area (Å²) in [6, 6.07) is 44.4. The molecule has 8 rings (SSSR count). The number of para-hydroxylation sites is 1. The first-order chi connectivity index (χ1) is 22.1. The Hall–Kier alpha value is -5.59. The van der Waals surface area contributed by atoms with Gasteiger partial charge in [-0.05, 0) is 47.0 Å². The lowest BCUT2D eigenvalue weighted by Gasteiger charge is -2.24. The van der Waals surface area contributed by atoms with Gasteiger partial charge in [-0.1, -0.05) is 121 Å². The molecule has 0 fully saturated rings. The van der Waals surface area contributed by atoms with Crippen LogP contribution < -0.4 is 15.2 Å².